The first kappa shape index (κ1) is 11.6. The molecular weight excluding hydrogens is 224 g/mol. The van der Waals surface area contributed by atoms with Crippen LogP contribution < -0.4 is 4.74 Å². The van der Waals surface area contributed by atoms with Gasteiger partial charge in [-0.25, -0.2) is 4.98 Å². The van der Waals surface area contributed by atoms with Gasteiger partial charge in [-0.2, -0.15) is 4.98 Å². The van der Waals surface area contributed by atoms with Crippen LogP contribution in [0.25, 0.3) is 0 Å². The summed E-state index contributed by atoms with van der Waals surface area (Å²) in [6.45, 7) is 4.48. The first-order valence-electron chi connectivity index (χ1n) is 5.80. The lowest BCUT2D eigenvalue weighted by atomic mass is 10.1. The molecule has 0 atom stereocenters. The minimum Gasteiger partial charge on any atom is -0.477 e. The molecule has 0 aliphatic heterocycles. The van der Waals surface area contributed by atoms with E-state index in [0.717, 1.165) is 12.2 Å². The summed E-state index contributed by atoms with van der Waals surface area (Å²) in [4.78, 5) is 8.36. The van der Waals surface area contributed by atoms with E-state index in [0.29, 0.717) is 22.8 Å². The van der Waals surface area contributed by atoms with Crippen LogP contribution in [0.15, 0.2) is 0 Å². The van der Waals surface area contributed by atoms with Gasteiger partial charge in [-0.3, -0.25) is 0 Å². The highest BCUT2D eigenvalue weighted by atomic mass is 35.5. The highest BCUT2D eigenvalue weighted by Gasteiger charge is 2.17. The summed E-state index contributed by atoms with van der Waals surface area (Å²) in [7, 11) is 0. The van der Waals surface area contributed by atoms with Crippen molar-refractivity contribution < 1.29 is 4.74 Å². The zero-order valence-electron chi connectivity index (χ0n) is 9.79. The Hall–Kier alpha value is -0.830. The summed E-state index contributed by atoms with van der Waals surface area (Å²) in [5, 5.41) is 0.494. The van der Waals surface area contributed by atoms with E-state index >= 15 is 0 Å². The summed E-state index contributed by atoms with van der Waals surface area (Å²) in [5.41, 5.74) is 0.838. The minimum atomic E-state index is 0.494. The van der Waals surface area contributed by atoms with E-state index in [1.165, 1.54) is 25.7 Å². The van der Waals surface area contributed by atoms with Crippen LogP contribution >= 0.6 is 11.6 Å². The maximum atomic E-state index is 5.98. The third-order valence-corrected chi connectivity index (χ3v) is 3.45. The zero-order chi connectivity index (χ0) is 11.5. The second-order valence-corrected chi connectivity index (χ2v) is 4.81. The van der Waals surface area contributed by atoms with E-state index in [1.807, 2.05) is 13.8 Å². The maximum Gasteiger partial charge on any atom is 0.221 e. The molecule has 1 aromatic rings. The molecule has 0 spiro atoms. The smallest absolute Gasteiger partial charge is 0.221 e. The molecule has 16 heavy (non-hydrogen) atoms. The fourth-order valence-corrected chi connectivity index (χ4v) is 2.29. The molecule has 1 heterocycles. The number of nitrogens with zero attached hydrogens (tertiary/aromatic N) is 2. The number of aryl methyl sites for hydroxylation is 1. The molecule has 88 valence electrons. The molecule has 1 fully saturated rings. The summed E-state index contributed by atoms with van der Waals surface area (Å²) >= 11 is 5.98. The predicted octanol–water partition coefficient (Wildman–Crippen LogP) is 3.32. The van der Waals surface area contributed by atoms with Crippen molar-refractivity contribution >= 4 is 11.6 Å². The monoisotopic (exact) mass is 240 g/mol. The lowest BCUT2D eigenvalue weighted by Crippen LogP contribution is -2.10. The summed E-state index contributed by atoms with van der Waals surface area (Å²) < 4.78 is 5.75. The van der Waals surface area contributed by atoms with Gasteiger partial charge in [-0.05, 0) is 32.6 Å². The summed E-state index contributed by atoms with van der Waals surface area (Å²) in [5.74, 6) is 2.00. The number of rotatable bonds is 3. The molecule has 1 aromatic heterocycles. The highest BCUT2D eigenvalue weighted by Crippen LogP contribution is 2.27. The van der Waals surface area contributed by atoms with E-state index in [4.69, 9.17) is 16.3 Å². The topological polar surface area (TPSA) is 35.0 Å². The van der Waals surface area contributed by atoms with Crippen molar-refractivity contribution in [1.82, 2.24) is 9.97 Å². The zero-order valence-corrected chi connectivity index (χ0v) is 10.5. The molecule has 0 unspecified atom stereocenters. The quantitative estimate of drug-likeness (QED) is 0.761. The molecule has 2 rings (SSSR count). The van der Waals surface area contributed by atoms with Crippen LogP contribution in [0, 0.1) is 19.8 Å². The van der Waals surface area contributed by atoms with E-state index in [2.05, 4.69) is 9.97 Å². The van der Waals surface area contributed by atoms with Crippen molar-refractivity contribution in [3.63, 3.8) is 0 Å². The molecule has 3 nitrogen and oxygen atoms in total. The normalized spacial score (nSPS) is 16.7. The van der Waals surface area contributed by atoms with Gasteiger partial charge in [0.2, 0.25) is 5.88 Å². The largest absolute Gasteiger partial charge is 0.477 e. The molecule has 1 saturated carbocycles. The lowest BCUT2D eigenvalue weighted by Gasteiger charge is -2.13. The summed E-state index contributed by atoms with van der Waals surface area (Å²) in [6.07, 6.45) is 5.21. The Bertz CT molecular complexity index is 376. The van der Waals surface area contributed by atoms with Crippen LogP contribution in [-0.2, 0) is 0 Å². The fraction of sp³-hybridized carbons (Fsp3) is 0.667. The number of hydrogen-bond acceptors (Lipinski definition) is 3. The number of ether oxygens (including phenoxy) is 1. The molecule has 0 radical (unpaired) electrons. The number of aromatic nitrogens is 2. The fourth-order valence-electron chi connectivity index (χ4n) is 2.08. The van der Waals surface area contributed by atoms with Gasteiger partial charge >= 0.3 is 0 Å². The van der Waals surface area contributed by atoms with Gasteiger partial charge in [0, 0.05) is 5.56 Å². The Kier molecular flexibility index (Phi) is 3.64. The van der Waals surface area contributed by atoms with Crippen molar-refractivity contribution in [1.29, 1.82) is 0 Å². The Morgan fingerprint density at radius 2 is 1.94 bits per heavy atom. The molecule has 1 aliphatic rings. The lowest BCUT2D eigenvalue weighted by molar-refractivity contribution is 0.241. The first-order chi connectivity index (χ1) is 7.66. The van der Waals surface area contributed by atoms with E-state index in [1.54, 1.807) is 0 Å². The second-order valence-electron chi connectivity index (χ2n) is 4.45. The van der Waals surface area contributed by atoms with Gasteiger partial charge in [0.05, 0.1) is 6.61 Å². The third kappa shape index (κ3) is 2.64. The van der Waals surface area contributed by atoms with Crippen LogP contribution in [0.5, 0.6) is 5.88 Å². The Balaban J connectivity index is 2.02. The van der Waals surface area contributed by atoms with Gasteiger partial charge in [-0.15, -0.1) is 0 Å². The molecule has 0 N–H and O–H groups in total. The molecule has 0 amide bonds. The Morgan fingerprint density at radius 3 is 2.62 bits per heavy atom. The van der Waals surface area contributed by atoms with E-state index < -0.39 is 0 Å². The number of halogens is 1. The first-order valence-corrected chi connectivity index (χ1v) is 6.18. The van der Waals surface area contributed by atoms with Crippen molar-refractivity contribution in [2.75, 3.05) is 6.61 Å². The molecule has 0 saturated heterocycles. The molecule has 0 bridgehead atoms. The van der Waals surface area contributed by atoms with E-state index in [-0.39, 0.29) is 0 Å². The Morgan fingerprint density at radius 1 is 1.25 bits per heavy atom. The minimum absolute atomic E-state index is 0.494. The molecule has 4 heteroatoms. The summed E-state index contributed by atoms with van der Waals surface area (Å²) in [6, 6.07) is 0. The van der Waals surface area contributed by atoms with Crippen molar-refractivity contribution in [3.05, 3.63) is 16.5 Å². The van der Waals surface area contributed by atoms with Crippen LogP contribution in [0.4, 0.5) is 0 Å². The van der Waals surface area contributed by atoms with Gasteiger partial charge in [0.15, 0.2) is 0 Å². The van der Waals surface area contributed by atoms with Crippen LogP contribution in [-0.4, -0.2) is 16.6 Å². The van der Waals surface area contributed by atoms with Gasteiger partial charge in [0.25, 0.3) is 0 Å². The average Bonchev–Trinajstić information content (AvgIpc) is 2.74. The third-order valence-electron chi connectivity index (χ3n) is 3.08. The van der Waals surface area contributed by atoms with Gasteiger partial charge in [0.1, 0.15) is 11.0 Å². The molecule has 0 aromatic carbocycles. The standard InChI is InChI=1S/C12H17ClN2O/c1-8-11(13)14-9(2)15-12(8)16-7-10-5-3-4-6-10/h10H,3-7H2,1-2H3. The molecular formula is C12H17ClN2O. The van der Waals surface area contributed by atoms with E-state index in [9.17, 15) is 0 Å². The van der Waals surface area contributed by atoms with Gasteiger partial charge < -0.3 is 4.74 Å². The van der Waals surface area contributed by atoms with Crippen LogP contribution in [0.1, 0.15) is 37.1 Å². The SMILES string of the molecule is Cc1nc(Cl)c(C)c(OCC2CCCC2)n1. The predicted molar refractivity (Wildman–Crippen MR) is 64.0 cm³/mol. The number of hydrogen-bond donors (Lipinski definition) is 0. The van der Waals surface area contributed by atoms with Crippen LogP contribution in [0.2, 0.25) is 5.15 Å². The highest BCUT2D eigenvalue weighted by molar-refractivity contribution is 6.30. The average molecular weight is 241 g/mol. The van der Waals surface area contributed by atoms with Crippen molar-refractivity contribution in [2.45, 2.75) is 39.5 Å². The molecule has 1 aliphatic carbocycles. The van der Waals surface area contributed by atoms with Crippen molar-refractivity contribution in [2.24, 2.45) is 5.92 Å². The maximum absolute atomic E-state index is 5.98. The van der Waals surface area contributed by atoms with Gasteiger partial charge in [-0.1, -0.05) is 24.4 Å². The van der Waals surface area contributed by atoms with Crippen LogP contribution in [0.3, 0.4) is 0 Å². The second kappa shape index (κ2) is 5.00. The van der Waals surface area contributed by atoms with Crippen molar-refractivity contribution in [3.8, 4) is 5.88 Å². The Labute approximate surface area is 101 Å².